The highest BCUT2D eigenvalue weighted by molar-refractivity contribution is 6.06. The van der Waals surface area contributed by atoms with Crippen LogP contribution in [0.4, 0.5) is 0 Å². The van der Waals surface area contributed by atoms with E-state index in [-0.39, 0.29) is 11.7 Å². The number of imidazole rings is 2. The van der Waals surface area contributed by atoms with E-state index in [0.29, 0.717) is 65.4 Å². The first-order valence-corrected chi connectivity index (χ1v) is 14.8. The number of carbonyl (C=O) groups excluding carboxylic acids is 2. The summed E-state index contributed by atoms with van der Waals surface area (Å²) in [6.45, 7) is 7.68. The average Bonchev–Trinajstić information content (AvgIpc) is 3.63. The number of nitrogens with one attached hydrogen (secondary N) is 1. The molecule has 4 fully saturated rings. The lowest BCUT2D eigenvalue weighted by Gasteiger charge is -2.62. The quantitative estimate of drug-likeness (QED) is 0.326. The van der Waals surface area contributed by atoms with Gasteiger partial charge < -0.3 is 14.5 Å². The predicted octanol–water partition coefficient (Wildman–Crippen LogP) is 4.02. The molecule has 4 aliphatic rings. The smallest absolute Gasteiger partial charge is 0.254 e. The number of hydrogen-bond donors (Lipinski definition) is 1. The van der Waals surface area contributed by atoms with Crippen LogP contribution in [-0.2, 0) is 31.7 Å². The lowest BCUT2D eigenvalue weighted by atomic mass is 9.43. The largest absolute Gasteiger partial charge is 0.356 e. The normalized spacial score (nSPS) is 26.5. The molecule has 0 radical (unpaired) electrons. The summed E-state index contributed by atoms with van der Waals surface area (Å²) in [5, 5.41) is 12.8. The van der Waals surface area contributed by atoms with E-state index in [2.05, 4.69) is 42.1 Å². The number of nitriles is 1. The number of fused-ring (bicyclic) bond motifs is 2. The number of allylic oxidation sites excluding steroid dienone is 1. The van der Waals surface area contributed by atoms with Crippen LogP contribution in [0.5, 0.6) is 0 Å². The standard InChI is InChI=1S/C33H39N7O2/c1-21-24(10-25-11-28(21)32(25,2)3)18-40-30(12-29(41)23-8-6-22(15-34)7-9-23)37-33(31(40)42,13-26-16-35-19-38(26)4)14-27-17-36-20-39(27)5/h6-9,12,16-17,19-21,24-25,28,37H,10-11,13-14,18H2,1-5H3/b30-12-. The van der Waals surface area contributed by atoms with Crippen molar-refractivity contribution in [3.05, 3.63) is 83.7 Å². The van der Waals surface area contributed by atoms with Crippen molar-refractivity contribution in [3.8, 4) is 6.07 Å². The average molecular weight is 566 g/mol. The maximum atomic E-state index is 14.7. The number of hydrogen-bond acceptors (Lipinski definition) is 6. The van der Waals surface area contributed by atoms with Gasteiger partial charge in [-0.15, -0.1) is 0 Å². The summed E-state index contributed by atoms with van der Waals surface area (Å²) in [4.78, 5) is 38.7. The number of nitrogens with zero attached hydrogens (tertiary/aromatic N) is 6. The van der Waals surface area contributed by atoms with Gasteiger partial charge in [0.15, 0.2) is 5.78 Å². The highest BCUT2D eigenvalue weighted by atomic mass is 16.2. The second-order valence-electron chi connectivity index (χ2n) is 13.3. The van der Waals surface area contributed by atoms with Gasteiger partial charge in [0.1, 0.15) is 11.4 Å². The van der Waals surface area contributed by atoms with Gasteiger partial charge in [0.25, 0.3) is 5.91 Å². The summed E-state index contributed by atoms with van der Waals surface area (Å²) in [5.41, 5.74) is 2.14. The molecule has 9 nitrogen and oxygen atoms in total. The highest BCUT2D eigenvalue weighted by Crippen LogP contribution is 2.63. The van der Waals surface area contributed by atoms with Crippen LogP contribution in [0.25, 0.3) is 0 Å². The monoisotopic (exact) mass is 565 g/mol. The molecular formula is C33H39N7O2. The second kappa shape index (κ2) is 10.3. The Kier molecular flexibility index (Phi) is 6.83. The Morgan fingerprint density at radius 2 is 1.69 bits per heavy atom. The van der Waals surface area contributed by atoms with Crippen molar-refractivity contribution in [1.29, 1.82) is 5.26 Å². The molecule has 3 saturated carbocycles. The van der Waals surface area contributed by atoms with Crippen molar-refractivity contribution in [1.82, 2.24) is 29.3 Å². The van der Waals surface area contributed by atoms with Crippen molar-refractivity contribution < 1.29 is 9.59 Å². The third-order valence-electron chi connectivity index (χ3n) is 10.6. The van der Waals surface area contributed by atoms with Gasteiger partial charge in [0.2, 0.25) is 0 Å². The fourth-order valence-corrected chi connectivity index (χ4v) is 7.71. The third-order valence-corrected chi connectivity index (χ3v) is 10.6. The lowest BCUT2D eigenvalue weighted by molar-refractivity contribution is -0.142. The second-order valence-corrected chi connectivity index (χ2v) is 13.3. The fourth-order valence-electron chi connectivity index (χ4n) is 7.71. The van der Waals surface area contributed by atoms with Gasteiger partial charge in [0.05, 0.1) is 24.3 Å². The number of carbonyl (C=O) groups is 2. The zero-order valence-corrected chi connectivity index (χ0v) is 25.0. The summed E-state index contributed by atoms with van der Waals surface area (Å²) in [6, 6.07) is 8.71. The molecule has 42 heavy (non-hydrogen) atoms. The molecule has 2 bridgehead atoms. The van der Waals surface area contributed by atoms with Gasteiger partial charge in [-0.25, -0.2) is 9.97 Å². The van der Waals surface area contributed by atoms with Crippen molar-refractivity contribution >= 4 is 11.7 Å². The highest BCUT2D eigenvalue weighted by Gasteiger charge is 2.58. The van der Waals surface area contributed by atoms with E-state index in [4.69, 9.17) is 0 Å². The predicted molar refractivity (Wildman–Crippen MR) is 158 cm³/mol. The van der Waals surface area contributed by atoms with E-state index in [0.717, 1.165) is 17.8 Å². The summed E-state index contributed by atoms with van der Waals surface area (Å²) in [6.07, 6.45) is 11.8. The minimum atomic E-state index is -1.02. The molecule has 4 atom stereocenters. The van der Waals surface area contributed by atoms with E-state index in [1.54, 1.807) is 55.4 Å². The Morgan fingerprint density at radius 3 is 2.19 bits per heavy atom. The van der Waals surface area contributed by atoms with E-state index in [1.165, 1.54) is 6.42 Å². The van der Waals surface area contributed by atoms with Crippen LogP contribution in [-0.4, -0.2) is 47.8 Å². The van der Waals surface area contributed by atoms with Gasteiger partial charge in [-0.1, -0.05) is 20.8 Å². The first-order chi connectivity index (χ1) is 20.0. The van der Waals surface area contributed by atoms with Crippen LogP contribution in [0.15, 0.2) is 61.2 Å². The number of rotatable bonds is 8. The van der Waals surface area contributed by atoms with Crippen LogP contribution in [0.2, 0.25) is 0 Å². The number of ketones is 1. The maximum absolute atomic E-state index is 14.7. The van der Waals surface area contributed by atoms with Crippen LogP contribution in [0, 0.1) is 40.4 Å². The molecule has 3 heterocycles. The molecule has 7 rings (SSSR count). The Bertz CT molecular complexity index is 1550. The Hall–Kier alpha value is -4.19. The molecule has 3 aromatic rings. The number of benzene rings is 1. The molecule has 1 amide bonds. The molecular weight excluding hydrogens is 526 g/mol. The van der Waals surface area contributed by atoms with Crippen LogP contribution in [0.3, 0.4) is 0 Å². The van der Waals surface area contributed by atoms with Gasteiger partial charge in [-0.3, -0.25) is 14.5 Å². The van der Waals surface area contributed by atoms with Gasteiger partial charge in [-0.05, 0) is 66.2 Å². The van der Waals surface area contributed by atoms with E-state index >= 15 is 0 Å². The van der Waals surface area contributed by atoms with Crippen molar-refractivity contribution in [2.45, 2.75) is 52.0 Å². The zero-order chi connectivity index (χ0) is 29.8. The molecule has 1 aromatic carbocycles. The van der Waals surface area contributed by atoms with Crippen molar-refractivity contribution in [3.63, 3.8) is 0 Å². The molecule has 218 valence electrons. The fraction of sp³-hybridized carbons (Fsp3) is 0.485. The van der Waals surface area contributed by atoms with Crippen LogP contribution < -0.4 is 5.32 Å². The van der Waals surface area contributed by atoms with E-state index < -0.39 is 5.54 Å². The molecule has 3 aliphatic carbocycles. The number of amides is 1. The van der Waals surface area contributed by atoms with E-state index in [9.17, 15) is 14.9 Å². The Morgan fingerprint density at radius 1 is 1.07 bits per heavy atom. The summed E-state index contributed by atoms with van der Waals surface area (Å²) in [7, 11) is 3.86. The first-order valence-electron chi connectivity index (χ1n) is 14.8. The first kappa shape index (κ1) is 28.0. The number of aryl methyl sites for hydroxylation is 2. The molecule has 0 spiro atoms. The van der Waals surface area contributed by atoms with Crippen molar-refractivity contribution in [2.75, 3.05) is 6.54 Å². The van der Waals surface area contributed by atoms with Gasteiger partial charge in [0, 0.05) is 68.9 Å². The summed E-state index contributed by atoms with van der Waals surface area (Å²) < 4.78 is 3.87. The topological polar surface area (TPSA) is 109 Å². The molecule has 1 aliphatic heterocycles. The molecule has 9 heteroatoms. The molecule has 1 N–H and O–H groups in total. The van der Waals surface area contributed by atoms with Crippen LogP contribution in [0.1, 0.15) is 60.9 Å². The Balaban J connectivity index is 1.39. The zero-order valence-electron chi connectivity index (χ0n) is 25.0. The molecule has 1 saturated heterocycles. The number of aromatic nitrogens is 4. The maximum Gasteiger partial charge on any atom is 0.254 e. The van der Waals surface area contributed by atoms with Crippen molar-refractivity contribution in [2.24, 2.45) is 43.2 Å². The molecule has 4 unspecified atom stereocenters. The summed E-state index contributed by atoms with van der Waals surface area (Å²) >= 11 is 0. The van der Waals surface area contributed by atoms with Crippen LogP contribution >= 0.6 is 0 Å². The lowest BCUT2D eigenvalue weighted by Crippen LogP contribution is -2.57. The minimum Gasteiger partial charge on any atom is -0.356 e. The summed E-state index contributed by atoms with van der Waals surface area (Å²) in [5.74, 6) is 2.43. The Labute approximate surface area is 247 Å². The van der Waals surface area contributed by atoms with Gasteiger partial charge in [-0.2, -0.15) is 5.26 Å². The molecule has 2 aromatic heterocycles. The minimum absolute atomic E-state index is 0.0329. The third kappa shape index (κ3) is 4.63. The SMILES string of the molecule is CC1C(CN2C(=O)C(Cc3cncn3C)(Cc3cncn3C)N/C2=C/C(=O)c2ccc(C#N)cc2)CC2CC1C2(C)C. The van der Waals surface area contributed by atoms with E-state index in [1.807, 2.05) is 28.1 Å². The van der Waals surface area contributed by atoms with Gasteiger partial charge >= 0.3 is 0 Å².